The van der Waals surface area contributed by atoms with Crippen molar-refractivity contribution in [2.45, 2.75) is 39.0 Å². The summed E-state index contributed by atoms with van der Waals surface area (Å²) in [6.07, 6.45) is 6.21. The molecule has 0 saturated carbocycles. The monoisotopic (exact) mass is 457 g/mol. The van der Waals surface area contributed by atoms with Crippen LogP contribution in [0.1, 0.15) is 25.3 Å². The van der Waals surface area contributed by atoms with Crippen molar-refractivity contribution in [1.29, 1.82) is 0 Å². The zero-order valence-corrected chi connectivity index (χ0v) is 19.9. The molecule has 1 fully saturated rings. The van der Waals surface area contributed by atoms with E-state index in [1.165, 1.54) is 0 Å². The van der Waals surface area contributed by atoms with E-state index in [1.807, 2.05) is 44.7 Å². The Morgan fingerprint density at radius 2 is 2.12 bits per heavy atom. The van der Waals surface area contributed by atoms with Crippen LogP contribution in [0.4, 0.5) is 5.95 Å². The smallest absolute Gasteiger partial charge is 0.227 e. The molecule has 1 atom stereocenters. The van der Waals surface area contributed by atoms with Crippen molar-refractivity contribution in [1.82, 2.24) is 29.4 Å². The first-order valence-electron chi connectivity index (χ1n) is 11.2. The molecule has 9 heteroatoms. The summed E-state index contributed by atoms with van der Waals surface area (Å²) in [5.41, 5.74) is 2.11. The van der Waals surface area contributed by atoms with Gasteiger partial charge in [-0.05, 0) is 44.0 Å². The summed E-state index contributed by atoms with van der Waals surface area (Å²) in [4.78, 5) is 4.63. The maximum Gasteiger partial charge on any atom is 0.227 e. The van der Waals surface area contributed by atoms with E-state index in [2.05, 4.69) is 42.7 Å². The molecule has 1 aromatic carbocycles. The molecule has 1 unspecified atom stereocenters. The zero-order chi connectivity index (χ0) is 22.5. The third-order valence-corrected chi connectivity index (χ3v) is 5.97. The quantitative estimate of drug-likeness (QED) is 0.516. The Kier molecular flexibility index (Phi) is 7.44. The Morgan fingerprint density at radius 1 is 1.25 bits per heavy atom. The van der Waals surface area contributed by atoms with Gasteiger partial charge in [0.1, 0.15) is 0 Å². The molecule has 8 nitrogen and oxygen atoms in total. The normalized spacial score (nSPS) is 17.4. The molecular weight excluding hydrogens is 426 g/mol. The van der Waals surface area contributed by atoms with Gasteiger partial charge in [-0.1, -0.05) is 23.7 Å². The topological polar surface area (TPSA) is 64.2 Å². The van der Waals surface area contributed by atoms with E-state index in [0.29, 0.717) is 6.54 Å². The summed E-state index contributed by atoms with van der Waals surface area (Å²) in [7, 11) is 3.96. The highest BCUT2D eigenvalue weighted by Crippen LogP contribution is 2.24. The van der Waals surface area contributed by atoms with Gasteiger partial charge in [-0.15, -0.1) is 10.2 Å². The van der Waals surface area contributed by atoms with E-state index in [-0.39, 0.29) is 6.10 Å². The summed E-state index contributed by atoms with van der Waals surface area (Å²) < 4.78 is 9.79. The van der Waals surface area contributed by atoms with Gasteiger partial charge in [0.2, 0.25) is 5.95 Å². The van der Waals surface area contributed by atoms with Gasteiger partial charge < -0.3 is 14.5 Å². The van der Waals surface area contributed by atoms with Crippen LogP contribution in [0.2, 0.25) is 5.02 Å². The van der Waals surface area contributed by atoms with Crippen molar-refractivity contribution in [3.8, 4) is 11.4 Å². The number of benzene rings is 1. The number of halogens is 1. The lowest BCUT2D eigenvalue weighted by Crippen LogP contribution is -2.31. The maximum absolute atomic E-state index is 6.18. The average molecular weight is 458 g/mol. The second-order valence-electron chi connectivity index (χ2n) is 8.55. The van der Waals surface area contributed by atoms with Gasteiger partial charge in [0.15, 0.2) is 5.82 Å². The predicted molar refractivity (Wildman–Crippen MR) is 127 cm³/mol. The number of anilines is 1. The van der Waals surface area contributed by atoms with Gasteiger partial charge in [0, 0.05) is 58.1 Å². The largest absolute Gasteiger partial charge is 0.377 e. The van der Waals surface area contributed by atoms with E-state index in [1.54, 1.807) is 4.68 Å². The Labute approximate surface area is 194 Å². The van der Waals surface area contributed by atoms with Gasteiger partial charge >= 0.3 is 0 Å². The summed E-state index contributed by atoms with van der Waals surface area (Å²) in [6, 6.07) is 7.93. The third-order valence-electron chi connectivity index (χ3n) is 5.74. The van der Waals surface area contributed by atoms with Gasteiger partial charge in [-0.3, -0.25) is 9.25 Å². The van der Waals surface area contributed by atoms with E-state index < -0.39 is 0 Å². The molecule has 0 amide bonds. The van der Waals surface area contributed by atoms with Crippen molar-refractivity contribution >= 4 is 17.5 Å². The van der Waals surface area contributed by atoms with E-state index in [9.17, 15) is 0 Å². The molecule has 4 rings (SSSR count). The fourth-order valence-corrected chi connectivity index (χ4v) is 4.46. The number of rotatable bonds is 8. The van der Waals surface area contributed by atoms with Crippen molar-refractivity contribution in [2.24, 2.45) is 7.05 Å². The molecule has 0 spiro atoms. The SMILES string of the molecule is CC1CN(CCCn2c(-c3cnn(C)c3)nnc2N(C)Cc2cccc(Cl)c2)CCCO1. The number of hydrogen-bond donors (Lipinski definition) is 0. The van der Waals surface area contributed by atoms with Crippen molar-refractivity contribution < 1.29 is 4.74 Å². The molecule has 172 valence electrons. The highest BCUT2D eigenvalue weighted by Gasteiger charge is 2.20. The molecule has 0 radical (unpaired) electrons. The van der Waals surface area contributed by atoms with Gasteiger partial charge in [0.05, 0.1) is 17.9 Å². The Bertz CT molecular complexity index is 1020. The second kappa shape index (κ2) is 10.5. The summed E-state index contributed by atoms with van der Waals surface area (Å²) >= 11 is 6.18. The standard InChI is InChI=1S/C23H32ClN7O/c1-18-15-30(10-6-12-32-18)9-5-11-31-22(20-14-25-29(3)17-20)26-27-23(31)28(2)16-19-7-4-8-21(24)13-19/h4,7-8,13-14,17-18H,5-6,9-12,15-16H2,1-3H3. The molecule has 0 N–H and O–H groups in total. The van der Waals surface area contributed by atoms with Gasteiger partial charge in [-0.2, -0.15) is 5.10 Å². The predicted octanol–water partition coefficient (Wildman–Crippen LogP) is 3.47. The van der Waals surface area contributed by atoms with Crippen LogP contribution in [0.5, 0.6) is 0 Å². The van der Waals surface area contributed by atoms with Gasteiger partial charge in [0.25, 0.3) is 0 Å². The zero-order valence-electron chi connectivity index (χ0n) is 19.1. The lowest BCUT2D eigenvalue weighted by molar-refractivity contribution is 0.0675. The molecule has 0 aliphatic carbocycles. The minimum Gasteiger partial charge on any atom is -0.377 e. The maximum atomic E-state index is 6.18. The minimum absolute atomic E-state index is 0.290. The molecule has 3 aromatic rings. The molecule has 1 aliphatic rings. The fourth-order valence-electron chi connectivity index (χ4n) is 4.25. The number of aryl methyl sites for hydroxylation is 1. The second-order valence-corrected chi connectivity index (χ2v) is 8.99. The van der Waals surface area contributed by atoms with Crippen LogP contribution in [0.15, 0.2) is 36.7 Å². The first kappa shape index (κ1) is 22.8. The third kappa shape index (κ3) is 5.68. The highest BCUT2D eigenvalue weighted by atomic mass is 35.5. The number of ether oxygens (including phenoxy) is 1. The van der Waals surface area contributed by atoms with Crippen LogP contribution >= 0.6 is 11.6 Å². The summed E-state index contributed by atoms with van der Waals surface area (Å²) in [6.45, 7) is 7.64. The van der Waals surface area contributed by atoms with Crippen molar-refractivity contribution in [2.75, 3.05) is 38.2 Å². The molecule has 1 aliphatic heterocycles. The first-order chi connectivity index (χ1) is 15.5. The van der Waals surface area contributed by atoms with Crippen molar-refractivity contribution in [3.05, 3.63) is 47.2 Å². The fraction of sp³-hybridized carbons (Fsp3) is 0.522. The van der Waals surface area contributed by atoms with Crippen LogP contribution in [0, 0.1) is 0 Å². The number of aromatic nitrogens is 5. The minimum atomic E-state index is 0.290. The Morgan fingerprint density at radius 3 is 2.91 bits per heavy atom. The van der Waals surface area contributed by atoms with E-state index >= 15 is 0 Å². The van der Waals surface area contributed by atoms with E-state index in [0.717, 1.165) is 73.5 Å². The first-order valence-corrected chi connectivity index (χ1v) is 11.6. The van der Waals surface area contributed by atoms with Crippen molar-refractivity contribution in [3.63, 3.8) is 0 Å². The highest BCUT2D eigenvalue weighted by molar-refractivity contribution is 6.30. The molecular formula is C23H32ClN7O. The lowest BCUT2D eigenvalue weighted by Gasteiger charge is -2.23. The van der Waals surface area contributed by atoms with Crippen LogP contribution in [-0.2, 0) is 24.9 Å². The number of hydrogen-bond acceptors (Lipinski definition) is 6. The Balaban J connectivity index is 1.51. The molecule has 3 heterocycles. The Hall–Kier alpha value is -2.42. The van der Waals surface area contributed by atoms with Crippen LogP contribution < -0.4 is 4.90 Å². The van der Waals surface area contributed by atoms with Crippen LogP contribution in [-0.4, -0.2) is 68.8 Å². The average Bonchev–Trinajstić information content (AvgIpc) is 3.31. The number of nitrogens with zero attached hydrogens (tertiary/aromatic N) is 7. The molecule has 2 aromatic heterocycles. The molecule has 32 heavy (non-hydrogen) atoms. The van der Waals surface area contributed by atoms with Crippen LogP contribution in [0.3, 0.4) is 0 Å². The molecule has 1 saturated heterocycles. The molecule has 0 bridgehead atoms. The van der Waals surface area contributed by atoms with Gasteiger partial charge in [-0.25, -0.2) is 0 Å². The van der Waals surface area contributed by atoms with E-state index in [4.69, 9.17) is 16.3 Å². The lowest BCUT2D eigenvalue weighted by atomic mass is 10.2. The summed E-state index contributed by atoms with van der Waals surface area (Å²) in [5, 5.41) is 14.1. The van der Waals surface area contributed by atoms with Crippen LogP contribution in [0.25, 0.3) is 11.4 Å². The summed E-state index contributed by atoms with van der Waals surface area (Å²) in [5.74, 6) is 1.69.